The molecule has 0 saturated carbocycles. The normalized spacial score (nSPS) is 13.1. The van der Waals surface area contributed by atoms with Crippen LogP contribution in [-0.4, -0.2) is 17.0 Å². The van der Waals surface area contributed by atoms with E-state index in [1.54, 1.807) is 6.26 Å². The Labute approximate surface area is 150 Å². The summed E-state index contributed by atoms with van der Waals surface area (Å²) in [6, 6.07) is 13.6. The molecular formula is C18H21Cl2NOS. The molecule has 1 atom stereocenters. The van der Waals surface area contributed by atoms with Crippen molar-refractivity contribution >= 4 is 34.0 Å². The topological polar surface area (TPSA) is 29.1 Å². The van der Waals surface area contributed by atoms with E-state index in [1.165, 1.54) is 5.56 Å². The first-order valence-electron chi connectivity index (χ1n) is 7.38. The molecule has 1 N–H and O–H groups in total. The van der Waals surface area contributed by atoms with Gasteiger partial charge >= 0.3 is 0 Å². The lowest BCUT2D eigenvalue weighted by Crippen LogP contribution is -2.32. The highest BCUT2D eigenvalue weighted by atomic mass is 35.5. The Balaban J connectivity index is 1.96. The van der Waals surface area contributed by atoms with Crippen LogP contribution < -0.4 is 5.32 Å². The summed E-state index contributed by atoms with van der Waals surface area (Å²) in [7, 11) is -0.930. The van der Waals surface area contributed by atoms with Gasteiger partial charge in [0.05, 0.1) is 10.0 Å². The first kappa shape index (κ1) is 18.5. The maximum Gasteiger partial charge on any atom is 0.0595 e. The SMILES string of the molecule is C[S@](=O)c1ccc(CNCC(C)(C)c2ccc(Cl)c(Cl)c2)cc1. The largest absolute Gasteiger partial charge is 0.312 e. The molecule has 0 radical (unpaired) electrons. The summed E-state index contributed by atoms with van der Waals surface area (Å²) < 4.78 is 11.4. The van der Waals surface area contributed by atoms with Crippen molar-refractivity contribution in [2.24, 2.45) is 0 Å². The highest BCUT2D eigenvalue weighted by molar-refractivity contribution is 7.84. The van der Waals surface area contributed by atoms with Crippen molar-refractivity contribution in [2.75, 3.05) is 12.8 Å². The van der Waals surface area contributed by atoms with Crippen LogP contribution in [0.15, 0.2) is 47.4 Å². The molecule has 0 fully saturated rings. The summed E-state index contributed by atoms with van der Waals surface area (Å²) in [6.45, 7) is 5.92. The van der Waals surface area contributed by atoms with Crippen molar-refractivity contribution < 1.29 is 4.21 Å². The van der Waals surface area contributed by atoms with E-state index in [0.717, 1.165) is 23.5 Å². The van der Waals surface area contributed by atoms with Gasteiger partial charge in [-0.05, 0) is 35.4 Å². The monoisotopic (exact) mass is 369 g/mol. The average molecular weight is 370 g/mol. The standard InChI is InChI=1S/C18H21Cl2NOS/c1-18(2,14-6-9-16(19)17(20)10-14)12-21-11-13-4-7-15(8-5-13)23(3)22/h4-10,21H,11-12H2,1-3H3/t23-/m0/s1. The molecule has 0 aliphatic carbocycles. The van der Waals surface area contributed by atoms with E-state index in [2.05, 4.69) is 19.2 Å². The smallest absolute Gasteiger partial charge is 0.0595 e. The zero-order chi connectivity index (χ0) is 17.0. The van der Waals surface area contributed by atoms with E-state index in [4.69, 9.17) is 23.2 Å². The van der Waals surface area contributed by atoms with Gasteiger partial charge in [-0.15, -0.1) is 0 Å². The second-order valence-corrected chi connectivity index (χ2v) is 8.41. The second-order valence-electron chi connectivity index (χ2n) is 6.21. The molecule has 0 saturated heterocycles. The Morgan fingerprint density at radius 2 is 1.70 bits per heavy atom. The number of hydrogen-bond donors (Lipinski definition) is 1. The molecule has 23 heavy (non-hydrogen) atoms. The zero-order valence-corrected chi connectivity index (χ0v) is 15.9. The molecule has 2 aromatic carbocycles. The van der Waals surface area contributed by atoms with Crippen molar-refractivity contribution in [1.29, 1.82) is 0 Å². The van der Waals surface area contributed by atoms with Crippen LogP contribution in [-0.2, 0) is 22.8 Å². The molecule has 0 bridgehead atoms. The maximum atomic E-state index is 11.4. The van der Waals surface area contributed by atoms with Gasteiger partial charge < -0.3 is 5.32 Å². The molecule has 0 heterocycles. The number of benzene rings is 2. The van der Waals surface area contributed by atoms with Crippen LogP contribution in [0.4, 0.5) is 0 Å². The van der Waals surface area contributed by atoms with Gasteiger partial charge in [0.2, 0.25) is 0 Å². The molecule has 124 valence electrons. The summed E-state index contributed by atoms with van der Waals surface area (Å²) in [4.78, 5) is 0.852. The van der Waals surface area contributed by atoms with E-state index < -0.39 is 10.8 Å². The minimum Gasteiger partial charge on any atom is -0.312 e. The fourth-order valence-corrected chi connectivity index (χ4v) is 3.15. The Hall–Kier alpha value is -0.870. The van der Waals surface area contributed by atoms with Crippen LogP contribution in [0.2, 0.25) is 10.0 Å². The Morgan fingerprint density at radius 1 is 1.04 bits per heavy atom. The van der Waals surface area contributed by atoms with Gasteiger partial charge in [0.1, 0.15) is 0 Å². The molecule has 0 aliphatic rings. The Kier molecular flexibility index (Phi) is 6.26. The van der Waals surface area contributed by atoms with E-state index in [0.29, 0.717) is 10.0 Å². The van der Waals surface area contributed by atoms with Crippen molar-refractivity contribution in [1.82, 2.24) is 5.32 Å². The van der Waals surface area contributed by atoms with Crippen molar-refractivity contribution in [3.8, 4) is 0 Å². The van der Waals surface area contributed by atoms with Crippen LogP contribution >= 0.6 is 23.2 Å². The van der Waals surface area contributed by atoms with E-state index >= 15 is 0 Å². The van der Waals surface area contributed by atoms with Crippen molar-refractivity contribution in [3.63, 3.8) is 0 Å². The summed E-state index contributed by atoms with van der Waals surface area (Å²) in [6.07, 6.45) is 1.69. The van der Waals surface area contributed by atoms with Crippen LogP contribution in [0.3, 0.4) is 0 Å². The van der Waals surface area contributed by atoms with Crippen molar-refractivity contribution in [2.45, 2.75) is 30.7 Å². The predicted molar refractivity (Wildman–Crippen MR) is 100.0 cm³/mol. The summed E-state index contributed by atoms with van der Waals surface area (Å²) in [5, 5.41) is 4.63. The highest BCUT2D eigenvalue weighted by Crippen LogP contribution is 2.29. The molecule has 0 aliphatic heterocycles. The third kappa shape index (κ3) is 5.05. The lowest BCUT2D eigenvalue weighted by molar-refractivity contribution is 0.469. The van der Waals surface area contributed by atoms with Gasteiger partial charge in [0, 0.05) is 40.5 Å². The average Bonchev–Trinajstić information content (AvgIpc) is 2.50. The second kappa shape index (κ2) is 7.80. The maximum absolute atomic E-state index is 11.4. The summed E-state index contributed by atoms with van der Waals surface area (Å²) in [5.74, 6) is 0. The minimum atomic E-state index is -0.930. The van der Waals surface area contributed by atoms with Crippen molar-refractivity contribution in [3.05, 3.63) is 63.6 Å². The fourth-order valence-electron chi connectivity index (χ4n) is 2.34. The Morgan fingerprint density at radius 3 is 2.26 bits per heavy atom. The summed E-state index contributed by atoms with van der Waals surface area (Å²) >= 11 is 12.1. The van der Waals surface area contributed by atoms with Crippen LogP contribution in [0.1, 0.15) is 25.0 Å². The third-order valence-electron chi connectivity index (χ3n) is 3.85. The number of nitrogens with one attached hydrogen (secondary N) is 1. The minimum absolute atomic E-state index is 0.0565. The van der Waals surface area contributed by atoms with Gasteiger partial charge in [-0.25, -0.2) is 0 Å². The van der Waals surface area contributed by atoms with Gasteiger partial charge in [-0.2, -0.15) is 0 Å². The van der Waals surface area contributed by atoms with E-state index in [-0.39, 0.29) is 5.41 Å². The highest BCUT2D eigenvalue weighted by Gasteiger charge is 2.21. The molecule has 0 aromatic heterocycles. The van der Waals surface area contributed by atoms with Crippen LogP contribution in [0.25, 0.3) is 0 Å². The van der Waals surface area contributed by atoms with Gasteiger partial charge in [-0.1, -0.05) is 55.2 Å². The lowest BCUT2D eigenvalue weighted by atomic mass is 9.84. The Bertz CT molecular complexity index is 699. The van der Waals surface area contributed by atoms with Gasteiger partial charge in [0.25, 0.3) is 0 Å². The molecule has 5 heteroatoms. The molecule has 2 aromatic rings. The third-order valence-corrected chi connectivity index (χ3v) is 5.53. The lowest BCUT2D eigenvalue weighted by Gasteiger charge is -2.26. The quantitative estimate of drug-likeness (QED) is 0.792. The number of hydrogen-bond acceptors (Lipinski definition) is 2. The van der Waals surface area contributed by atoms with Gasteiger partial charge in [-0.3, -0.25) is 4.21 Å². The van der Waals surface area contributed by atoms with E-state index in [1.807, 2.05) is 42.5 Å². The molecule has 2 rings (SSSR count). The fraction of sp³-hybridized carbons (Fsp3) is 0.333. The molecule has 2 nitrogen and oxygen atoms in total. The van der Waals surface area contributed by atoms with Crippen LogP contribution in [0, 0.1) is 0 Å². The van der Waals surface area contributed by atoms with Gasteiger partial charge in [0.15, 0.2) is 0 Å². The molecule has 0 amide bonds. The predicted octanol–water partition coefficient (Wildman–Crippen LogP) is 4.80. The van der Waals surface area contributed by atoms with E-state index in [9.17, 15) is 4.21 Å². The zero-order valence-electron chi connectivity index (χ0n) is 13.5. The molecule has 0 unspecified atom stereocenters. The summed E-state index contributed by atoms with van der Waals surface area (Å²) in [5.41, 5.74) is 2.26. The first-order valence-corrected chi connectivity index (χ1v) is 9.69. The first-order chi connectivity index (χ1) is 10.8. The number of halogens is 2. The number of rotatable bonds is 6. The molecule has 0 spiro atoms. The van der Waals surface area contributed by atoms with Crippen LogP contribution in [0.5, 0.6) is 0 Å². The molecular weight excluding hydrogens is 349 g/mol.